The lowest BCUT2D eigenvalue weighted by Crippen LogP contribution is -2.38. The largest absolute Gasteiger partial charge is 0.482 e. The molecule has 0 bridgehead atoms. The Balaban J connectivity index is 1.98. The van der Waals surface area contributed by atoms with Crippen LogP contribution in [0.3, 0.4) is 0 Å². The summed E-state index contributed by atoms with van der Waals surface area (Å²) in [6.07, 6.45) is 1.65. The van der Waals surface area contributed by atoms with E-state index in [0.717, 1.165) is 5.69 Å². The average Bonchev–Trinajstić information content (AvgIpc) is 2.57. The van der Waals surface area contributed by atoms with E-state index in [0.29, 0.717) is 11.4 Å². The van der Waals surface area contributed by atoms with Crippen LogP contribution in [0.5, 0.6) is 5.75 Å². The van der Waals surface area contributed by atoms with Crippen LogP contribution in [0.15, 0.2) is 42.6 Å². The second-order valence-electron chi connectivity index (χ2n) is 4.71. The fraction of sp³-hybridized carbons (Fsp3) is 0.133. The van der Waals surface area contributed by atoms with E-state index in [-0.39, 0.29) is 24.6 Å². The summed E-state index contributed by atoms with van der Waals surface area (Å²) in [4.78, 5) is 29.4. The van der Waals surface area contributed by atoms with E-state index in [9.17, 15) is 9.59 Å². The van der Waals surface area contributed by atoms with E-state index < -0.39 is 5.91 Å². The summed E-state index contributed by atoms with van der Waals surface area (Å²) in [5.41, 5.74) is 2.99. The van der Waals surface area contributed by atoms with Crippen LogP contribution in [0.25, 0.3) is 0 Å². The quantitative estimate of drug-likeness (QED) is 0.654. The zero-order valence-corrected chi connectivity index (χ0v) is 11.5. The zero-order valence-electron chi connectivity index (χ0n) is 11.5. The molecule has 0 saturated heterocycles. The average molecular weight is 299 g/mol. The standard InChI is InChI=1S/C15H13N3O4/c19-14-9-22-13-5-4-10(15(20)17-21)7-12(13)18(14)8-11-3-1-2-6-16-11/h1-7,21H,8-9H2,(H,17,20). The van der Waals surface area contributed by atoms with Crippen LogP contribution in [-0.4, -0.2) is 28.6 Å². The van der Waals surface area contributed by atoms with Crippen molar-refractivity contribution in [2.45, 2.75) is 6.54 Å². The Hall–Kier alpha value is -2.93. The van der Waals surface area contributed by atoms with Gasteiger partial charge in [0.2, 0.25) is 0 Å². The molecule has 0 saturated carbocycles. The Morgan fingerprint density at radius 2 is 2.23 bits per heavy atom. The van der Waals surface area contributed by atoms with Crippen LogP contribution in [0.2, 0.25) is 0 Å². The van der Waals surface area contributed by atoms with Crippen molar-refractivity contribution >= 4 is 17.5 Å². The Morgan fingerprint density at radius 3 is 2.95 bits per heavy atom. The molecule has 2 aromatic rings. The fourth-order valence-corrected chi connectivity index (χ4v) is 2.23. The Labute approximate surface area is 126 Å². The highest BCUT2D eigenvalue weighted by molar-refractivity contribution is 6.00. The third-order valence-corrected chi connectivity index (χ3v) is 3.31. The number of amides is 2. The maximum absolute atomic E-state index is 12.1. The number of rotatable bonds is 3. The third kappa shape index (κ3) is 2.61. The van der Waals surface area contributed by atoms with E-state index in [4.69, 9.17) is 9.94 Å². The molecule has 2 heterocycles. The number of aromatic nitrogens is 1. The molecule has 7 nitrogen and oxygen atoms in total. The molecular formula is C15H13N3O4. The number of nitrogens with zero attached hydrogens (tertiary/aromatic N) is 2. The minimum absolute atomic E-state index is 0.0641. The molecule has 7 heteroatoms. The Bertz CT molecular complexity index is 718. The molecule has 1 aromatic carbocycles. The van der Waals surface area contributed by atoms with Gasteiger partial charge in [-0.15, -0.1) is 0 Å². The number of carbonyl (C=O) groups is 2. The maximum atomic E-state index is 12.1. The van der Waals surface area contributed by atoms with Gasteiger partial charge in [-0.2, -0.15) is 0 Å². The van der Waals surface area contributed by atoms with Crippen LogP contribution in [0, 0.1) is 0 Å². The molecule has 3 rings (SSSR count). The maximum Gasteiger partial charge on any atom is 0.274 e. The van der Waals surface area contributed by atoms with Crippen LogP contribution >= 0.6 is 0 Å². The van der Waals surface area contributed by atoms with Gasteiger partial charge in [-0.1, -0.05) is 6.07 Å². The van der Waals surface area contributed by atoms with Gasteiger partial charge < -0.3 is 4.74 Å². The van der Waals surface area contributed by atoms with Crippen molar-refractivity contribution in [2.24, 2.45) is 0 Å². The molecular weight excluding hydrogens is 286 g/mol. The van der Waals surface area contributed by atoms with E-state index >= 15 is 0 Å². The molecule has 0 aliphatic carbocycles. The number of fused-ring (bicyclic) bond motifs is 1. The predicted octanol–water partition coefficient (Wildman–Crippen LogP) is 1.13. The molecule has 0 unspecified atom stereocenters. The lowest BCUT2D eigenvalue weighted by molar-refractivity contribution is -0.121. The number of anilines is 1. The number of pyridine rings is 1. The van der Waals surface area contributed by atoms with Gasteiger partial charge in [0.1, 0.15) is 5.75 Å². The molecule has 2 N–H and O–H groups in total. The number of hydrogen-bond acceptors (Lipinski definition) is 5. The smallest absolute Gasteiger partial charge is 0.274 e. The number of nitrogens with one attached hydrogen (secondary N) is 1. The molecule has 1 aliphatic rings. The number of carbonyl (C=O) groups excluding carboxylic acids is 2. The Morgan fingerprint density at radius 1 is 1.36 bits per heavy atom. The molecule has 1 aromatic heterocycles. The summed E-state index contributed by atoms with van der Waals surface area (Å²) in [7, 11) is 0. The van der Waals surface area contributed by atoms with E-state index in [2.05, 4.69) is 4.98 Å². The van der Waals surface area contributed by atoms with Crippen molar-refractivity contribution in [3.63, 3.8) is 0 Å². The molecule has 0 spiro atoms. The summed E-state index contributed by atoms with van der Waals surface area (Å²) in [5.74, 6) is -0.372. The molecule has 0 radical (unpaired) electrons. The first-order valence-electron chi connectivity index (χ1n) is 6.60. The van der Waals surface area contributed by atoms with E-state index in [1.807, 2.05) is 12.1 Å². The molecule has 112 valence electrons. The molecule has 0 fully saturated rings. The SMILES string of the molecule is O=C(NO)c1ccc2c(c1)N(Cc1ccccn1)C(=O)CO2. The second kappa shape index (κ2) is 5.82. The van der Waals surface area contributed by atoms with Crippen molar-refractivity contribution in [3.8, 4) is 5.75 Å². The van der Waals surface area contributed by atoms with E-state index in [1.54, 1.807) is 23.8 Å². The highest BCUT2D eigenvalue weighted by Crippen LogP contribution is 2.33. The van der Waals surface area contributed by atoms with Gasteiger partial charge in [-0.25, -0.2) is 5.48 Å². The van der Waals surface area contributed by atoms with Crippen LogP contribution in [0.4, 0.5) is 5.69 Å². The van der Waals surface area contributed by atoms with Crippen molar-refractivity contribution < 1.29 is 19.5 Å². The molecule has 2 amide bonds. The van der Waals surface area contributed by atoms with Gasteiger partial charge in [-0.05, 0) is 30.3 Å². The van der Waals surface area contributed by atoms with Crippen LogP contribution in [0.1, 0.15) is 16.1 Å². The minimum atomic E-state index is -0.654. The highest BCUT2D eigenvalue weighted by Gasteiger charge is 2.27. The third-order valence-electron chi connectivity index (χ3n) is 3.31. The van der Waals surface area contributed by atoms with Crippen molar-refractivity contribution in [3.05, 3.63) is 53.9 Å². The summed E-state index contributed by atoms with van der Waals surface area (Å²) >= 11 is 0. The highest BCUT2D eigenvalue weighted by atomic mass is 16.5. The minimum Gasteiger partial charge on any atom is -0.482 e. The lowest BCUT2D eigenvalue weighted by atomic mass is 10.1. The fourth-order valence-electron chi connectivity index (χ4n) is 2.23. The lowest BCUT2D eigenvalue weighted by Gasteiger charge is -2.29. The van der Waals surface area contributed by atoms with Gasteiger partial charge in [0, 0.05) is 11.8 Å². The van der Waals surface area contributed by atoms with Gasteiger partial charge in [0.05, 0.1) is 17.9 Å². The summed E-state index contributed by atoms with van der Waals surface area (Å²) in [6, 6.07) is 10.1. The van der Waals surface area contributed by atoms with Gasteiger partial charge in [0.25, 0.3) is 11.8 Å². The second-order valence-corrected chi connectivity index (χ2v) is 4.71. The molecule has 1 aliphatic heterocycles. The van der Waals surface area contributed by atoms with Crippen molar-refractivity contribution in [2.75, 3.05) is 11.5 Å². The topological polar surface area (TPSA) is 91.8 Å². The number of ether oxygens (including phenoxy) is 1. The van der Waals surface area contributed by atoms with Crippen LogP contribution in [-0.2, 0) is 11.3 Å². The van der Waals surface area contributed by atoms with Gasteiger partial charge >= 0.3 is 0 Å². The van der Waals surface area contributed by atoms with Crippen molar-refractivity contribution in [1.82, 2.24) is 10.5 Å². The Kier molecular flexibility index (Phi) is 3.71. The van der Waals surface area contributed by atoms with Gasteiger partial charge in [-0.3, -0.25) is 24.7 Å². The molecule has 22 heavy (non-hydrogen) atoms. The normalized spacial score (nSPS) is 13.3. The monoisotopic (exact) mass is 299 g/mol. The first-order valence-corrected chi connectivity index (χ1v) is 6.60. The molecule has 0 atom stereocenters. The zero-order chi connectivity index (χ0) is 15.5. The van der Waals surface area contributed by atoms with Crippen molar-refractivity contribution in [1.29, 1.82) is 0 Å². The summed E-state index contributed by atoms with van der Waals surface area (Å²) < 4.78 is 5.37. The van der Waals surface area contributed by atoms with E-state index in [1.165, 1.54) is 17.0 Å². The number of benzene rings is 1. The number of hydroxylamine groups is 1. The summed E-state index contributed by atoms with van der Waals surface area (Å²) in [6.45, 7) is 0.214. The number of hydrogen-bond donors (Lipinski definition) is 2. The van der Waals surface area contributed by atoms with Crippen LogP contribution < -0.4 is 15.1 Å². The first kappa shape index (κ1) is 14.0. The first-order chi connectivity index (χ1) is 10.7. The summed E-state index contributed by atoms with van der Waals surface area (Å²) in [5, 5.41) is 8.72. The van der Waals surface area contributed by atoms with Gasteiger partial charge in [0.15, 0.2) is 6.61 Å². The predicted molar refractivity (Wildman–Crippen MR) is 76.6 cm³/mol.